The van der Waals surface area contributed by atoms with Crippen LogP contribution in [0, 0.1) is 0 Å². The molecule has 0 aromatic heterocycles. The summed E-state index contributed by atoms with van der Waals surface area (Å²) < 4.78 is 5.32. The van der Waals surface area contributed by atoms with Gasteiger partial charge < -0.3 is 10.1 Å². The number of ether oxygens (including phenoxy) is 1. The van der Waals surface area contributed by atoms with Crippen LogP contribution in [0.2, 0.25) is 0 Å². The van der Waals surface area contributed by atoms with E-state index in [0.29, 0.717) is 0 Å². The quantitative estimate of drug-likeness (QED) is 0.491. The number of rotatable bonds is 9. The number of halogens is 1. The molecule has 0 aliphatic heterocycles. The Bertz CT molecular complexity index is 70.9. The van der Waals surface area contributed by atoms with Crippen LogP contribution in [0.4, 0.5) is 0 Å². The highest BCUT2D eigenvalue weighted by Crippen LogP contribution is 1.91. The molecule has 0 unspecified atom stereocenters. The molecular weight excluding hydrogens is 218 g/mol. The Hall–Kier alpha value is 0.400. The third kappa shape index (κ3) is 10.4. The van der Waals surface area contributed by atoms with E-state index in [1.807, 2.05) is 0 Å². The van der Waals surface area contributed by atoms with Gasteiger partial charge >= 0.3 is 0 Å². The second-order valence-electron chi connectivity index (χ2n) is 2.76. The Morgan fingerprint density at radius 3 is 2.67 bits per heavy atom. The maximum absolute atomic E-state index is 5.32. The molecule has 2 nitrogen and oxygen atoms in total. The summed E-state index contributed by atoms with van der Waals surface area (Å²) in [5, 5.41) is 4.45. The maximum Gasteiger partial charge on any atom is 0.0590 e. The number of unbranched alkanes of at least 4 members (excludes halogenated alkanes) is 1. The standard InChI is InChI=1S/C9H20BrNO/c1-2-8-12-9-7-11-6-4-3-5-10/h11H,2-9H2,1H3. The zero-order valence-corrected chi connectivity index (χ0v) is 9.53. The molecule has 0 aliphatic rings. The van der Waals surface area contributed by atoms with E-state index in [0.717, 1.165) is 38.1 Å². The van der Waals surface area contributed by atoms with Crippen LogP contribution in [0.5, 0.6) is 0 Å². The van der Waals surface area contributed by atoms with Crippen molar-refractivity contribution in [1.82, 2.24) is 5.32 Å². The molecule has 0 aromatic rings. The van der Waals surface area contributed by atoms with Crippen molar-refractivity contribution in [2.45, 2.75) is 26.2 Å². The molecule has 0 spiro atoms. The highest BCUT2D eigenvalue weighted by atomic mass is 79.9. The van der Waals surface area contributed by atoms with Crippen molar-refractivity contribution < 1.29 is 4.74 Å². The van der Waals surface area contributed by atoms with E-state index in [1.54, 1.807) is 0 Å². The molecule has 12 heavy (non-hydrogen) atoms. The predicted molar refractivity (Wildman–Crippen MR) is 57.0 cm³/mol. The summed E-state index contributed by atoms with van der Waals surface area (Å²) in [6.07, 6.45) is 3.62. The number of alkyl halides is 1. The van der Waals surface area contributed by atoms with E-state index in [1.165, 1.54) is 12.8 Å². The van der Waals surface area contributed by atoms with Crippen molar-refractivity contribution in [3.8, 4) is 0 Å². The average Bonchev–Trinajstić information content (AvgIpc) is 2.10. The SMILES string of the molecule is CCCOCCNCCCCBr. The summed E-state index contributed by atoms with van der Waals surface area (Å²) >= 11 is 3.40. The van der Waals surface area contributed by atoms with Crippen LogP contribution >= 0.6 is 15.9 Å². The Morgan fingerprint density at radius 1 is 1.17 bits per heavy atom. The Balaban J connectivity index is 2.73. The molecule has 3 heteroatoms. The highest BCUT2D eigenvalue weighted by Gasteiger charge is 1.88. The lowest BCUT2D eigenvalue weighted by molar-refractivity contribution is 0.136. The van der Waals surface area contributed by atoms with E-state index in [9.17, 15) is 0 Å². The molecule has 0 bridgehead atoms. The summed E-state index contributed by atoms with van der Waals surface area (Å²) in [6, 6.07) is 0. The fourth-order valence-electron chi connectivity index (χ4n) is 0.860. The Kier molecular flexibility index (Phi) is 11.8. The fourth-order valence-corrected chi connectivity index (χ4v) is 1.26. The van der Waals surface area contributed by atoms with Gasteiger partial charge in [-0.1, -0.05) is 22.9 Å². The van der Waals surface area contributed by atoms with Crippen molar-refractivity contribution in [3.05, 3.63) is 0 Å². The average molecular weight is 238 g/mol. The van der Waals surface area contributed by atoms with Gasteiger partial charge in [0.1, 0.15) is 0 Å². The van der Waals surface area contributed by atoms with Crippen LogP contribution in [0.15, 0.2) is 0 Å². The van der Waals surface area contributed by atoms with Gasteiger partial charge in [-0.2, -0.15) is 0 Å². The van der Waals surface area contributed by atoms with Gasteiger partial charge in [-0.15, -0.1) is 0 Å². The van der Waals surface area contributed by atoms with Crippen LogP contribution in [0.25, 0.3) is 0 Å². The van der Waals surface area contributed by atoms with Crippen LogP contribution < -0.4 is 5.32 Å². The van der Waals surface area contributed by atoms with Gasteiger partial charge in [0.05, 0.1) is 6.61 Å². The molecule has 0 radical (unpaired) electrons. The molecule has 0 aromatic carbocycles. The van der Waals surface area contributed by atoms with Crippen molar-refractivity contribution in [2.24, 2.45) is 0 Å². The van der Waals surface area contributed by atoms with Crippen LogP contribution in [-0.4, -0.2) is 31.6 Å². The third-order valence-electron chi connectivity index (χ3n) is 1.51. The lowest BCUT2D eigenvalue weighted by Crippen LogP contribution is -2.21. The van der Waals surface area contributed by atoms with Crippen molar-refractivity contribution >= 4 is 15.9 Å². The lowest BCUT2D eigenvalue weighted by Gasteiger charge is -2.04. The number of nitrogens with one attached hydrogen (secondary N) is 1. The second kappa shape index (κ2) is 11.4. The third-order valence-corrected chi connectivity index (χ3v) is 2.07. The van der Waals surface area contributed by atoms with Gasteiger partial charge in [0.15, 0.2) is 0 Å². The van der Waals surface area contributed by atoms with Crippen LogP contribution in [0.3, 0.4) is 0 Å². The first kappa shape index (κ1) is 12.4. The van der Waals surface area contributed by atoms with Crippen LogP contribution in [-0.2, 0) is 4.74 Å². The van der Waals surface area contributed by atoms with Crippen LogP contribution in [0.1, 0.15) is 26.2 Å². The predicted octanol–water partition coefficient (Wildman–Crippen LogP) is 2.18. The number of hydrogen-bond donors (Lipinski definition) is 1. The van der Waals surface area contributed by atoms with E-state index >= 15 is 0 Å². The van der Waals surface area contributed by atoms with E-state index in [4.69, 9.17) is 4.74 Å². The molecule has 0 saturated carbocycles. The Morgan fingerprint density at radius 2 is 2.00 bits per heavy atom. The number of hydrogen-bond acceptors (Lipinski definition) is 2. The molecule has 0 rings (SSSR count). The fraction of sp³-hybridized carbons (Fsp3) is 1.00. The molecule has 0 aliphatic carbocycles. The van der Waals surface area contributed by atoms with Gasteiger partial charge in [0.25, 0.3) is 0 Å². The van der Waals surface area contributed by atoms with E-state index in [2.05, 4.69) is 28.2 Å². The van der Waals surface area contributed by atoms with Crippen molar-refractivity contribution in [1.29, 1.82) is 0 Å². The molecule has 1 N–H and O–H groups in total. The summed E-state index contributed by atoms with van der Waals surface area (Å²) in [5.74, 6) is 0. The van der Waals surface area contributed by atoms with Crippen molar-refractivity contribution in [3.63, 3.8) is 0 Å². The van der Waals surface area contributed by atoms with Crippen molar-refractivity contribution in [2.75, 3.05) is 31.6 Å². The van der Waals surface area contributed by atoms with Gasteiger partial charge in [-0.3, -0.25) is 0 Å². The molecule has 0 saturated heterocycles. The normalized spacial score (nSPS) is 10.5. The zero-order valence-electron chi connectivity index (χ0n) is 7.94. The monoisotopic (exact) mass is 237 g/mol. The summed E-state index contributed by atoms with van der Waals surface area (Å²) in [7, 11) is 0. The zero-order chi connectivity index (χ0) is 9.07. The van der Waals surface area contributed by atoms with E-state index in [-0.39, 0.29) is 0 Å². The minimum absolute atomic E-state index is 0.849. The molecule has 0 heterocycles. The molecule has 0 amide bonds. The molecule has 0 atom stereocenters. The van der Waals surface area contributed by atoms with Gasteiger partial charge in [0, 0.05) is 18.5 Å². The van der Waals surface area contributed by atoms with Gasteiger partial charge in [0.2, 0.25) is 0 Å². The first-order chi connectivity index (χ1) is 5.91. The lowest BCUT2D eigenvalue weighted by atomic mass is 10.3. The first-order valence-electron chi connectivity index (χ1n) is 4.76. The topological polar surface area (TPSA) is 21.3 Å². The minimum atomic E-state index is 0.849. The van der Waals surface area contributed by atoms with Gasteiger partial charge in [-0.25, -0.2) is 0 Å². The Labute approximate surface area is 84.2 Å². The first-order valence-corrected chi connectivity index (χ1v) is 5.88. The summed E-state index contributed by atoms with van der Waals surface area (Å²) in [5.41, 5.74) is 0. The second-order valence-corrected chi connectivity index (χ2v) is 3.55. The van der Waals surface area contributed by atoms with Gasteiger partial charge in [-0.05, 0) is 25.8 Å². The molecular formula is C9H20BrNO. The highest BCUT2D eigenvalue weighted by molar-refractivity contribution is 9.09. The van der Waals surface area contributed by atoms with E-state index < -0.39 is 0 Å². The summed E-state index contributed by atoms with van der Waals surface area (Å²) in [6.45, 7) is 5.97. The smallest absolute Gasteiger partial charge is 0.0590 e. The minimum Gasteiger partial charge on any atom is -0.380 e. The summed E-state index contributed by atoms with van der Waals surface area (Å²) in [4.78, 5) is 0. The molecule has 74 valence electrons. The maximum atomic E-state index is 5.32. The largest absolute Gasteiger partial charge is 0.380 e. The molecule has 0 fully saturated rings.